The molecule has 0 bridgehead atoms. The Balaban J connectivity index is 1.48. The fourth-order valence-electron chi connectivity index (χ4n) is 6.13. The summed E-state index contributed by atoms with van der Waals surface area (Å²) < 4.78 is 50.5. The molecule has 4 heterocycles. The van der Waals surface area contributed by atoms with Gasteiger partial charge in [-0.2, -0.15) is 13.2 Å². The van der Waals surface area contributed by atoms with Crippen LogP contribution in [0.25, 0.3) is 16.8 Å². The van der Waals surface area contributed by atoms with E-state index in [4.69, 9.17) is 15.5 Å². The number of carbonyl (C=O) groups is 1. The van der Waals surface area contributed by atoms with Crippen molar-refractivity contribution in [2.75, 3.05) is 19.4 Å². The van der Waals surface area contributed by atoms with Crippen LogP contribution in [0.2, 0.25) is 0 Å². The first-order chi connectivity index (χ1) is 19.1. The number of carbonyl (C=O) groups excluding carboxylic acids is 1. The van der Waals surface area contributed by atoms with Gasteiger partial charge in [0.05, 0.1) is 7.11 Å². The largest absolute Gasteiger partial charge is 0.496 e. The topological polar surface area (TPSA) is 106 Å². The Morgan fingerprint density at radius 3 is 2.58 bits per heavy atom. The van der Waals surface area contributed by atoms with E-state index in [0.717, 1.165) is 19.3 Å². The number of aromatic nitrogens is 3. The number of aliphatic hydroxyl groups is 1. The summed E-state index contributed by atoms with van der Waals surface area (Å²) in [4.78, 5) is 23.5. The summed E-state index contributed by atoms with van der Waals surface area (Å²) in [6.07, 6.45) is 1.43. The Bertz CT molecular complexity index is 1590. The van der Waals surface area contributed by atoms with E-state index in [1.807, 2.05) is 9.30 Å². The van der Waals surface area contributed by atoms with Gasteiger partial charge >= 0.3 is 6.18 Å². The van der Waals surface area contributed by atoms with Crippen molar-refractivity contribution < 1.29 is 27.8 Å². The molecule has 2 aromatic carbocycles. The zero-order valence-corrected chi connectivity index (χ0v) is 21.7. The van der Waals surface area contributed by atoms with Crippen molar-refractivity contribution in [1.82, 2.24) is 19.3 Å². The highest BCUT2D eigenvalue weighted by atomic mass is 19.4. The molecule has 3 N–H and O–H groups in total. The second kappa shape index (κ2) is 9.51. The molecule has 2 aliphatic rings. The quantitative estimate of drug-likeness (QED) is 0.374. The fourth-order valence-corrected chi connectivity index (χ4v) is 6.13. The summed E-state index contributed by atoms with van der Waals surface area (Å²) in [6.45, 7) is 0.538. The van der Waals surface area contributed by atoms with Crippen LogP contribution in [0.4, 0.5) is 19.0 Å². The lowest BCUT2D eigenvalue weighted by Gasteiger charge is -2.34. The van der Waals surface area contributed by atoms with Crippen molar-refractivity contribution in [3.8, 4) is 17.0 Å². The lowest BCUT2D eigenvalue weighted by atomic mass is 9.85. The number of nitrogens with zero attached hydrogens (tertiary/aromatic N) is 4. The number of piperidine rings is 1. The minimum absolute atomic E-state index is 0.0555. The Morgan fingerprint density at radius 1 is 1.07 bits per heavy atom. The van der Waals surface area contributed by atoms with Gasteiger partial charge in [-0.25, -0.2) is 9.97 Å². The molecule has 2 fully saturated rings. The van der Waals surface area contributed by atoms with Gasteiger partial charge < -0.3 is 20.5 Å². The third-order valence-electron chi connectivity index (χ3n) is 8.17. The lowest BCUT2D eigenvalue weighted by molar-refractivity contribution is -0.248. The third-order valence-corrected chi connectivity index (χ3v) is 8.17. The number of nitrogen functional groups attached to an aromatic ring is 1. The van der Waals surface area contributed by atoms with Gasteiger partial charge in [-0.05, 0) is 37.0 Å². The monoisotopic (exact) mass is 551 g/mol. The van der Waals surface area contributed by atoms with Crippen LogP contribution in [0.15, 0.2) is 60.9 Å². The Labute approximate surface area is 228 Å². The first kappa shape index (κ1) is 26.1. The normalized spacial score (nSPS) is 20.9. The van der Waals surface area contributed by atoms with E-state index >= 15 is 0 Å². The Kier molecular flexibility index (Phi) is 6.21. The number of nitrogens with two attached hydrogens (primary N) is 1. The molecule has 0 spiro atoms. The number of fused-ring (bicyclic) bond motifs is 2. The Morgan fingerprint density at radius 2 is 1.85 bits per heavy atom. The van der Waals surface area contributed by atoms with Gasteiger partial charge in [0.1, 0.15) is 28.6 Å². The molecule has 2 aliphatic heterocycles. The molecule has 8 nitrogen and oxygen atoms in total. The zero-order chi connectivity index (χ0) is 28.2. The molecule has 0 aliphatic carbocycles. The van der Waals surface area contributed by atoms with Crippen LogP contribution in [0, 0.1) is 0 Å². The van der Waals surface area contributed by atoms with Gasteiger partial charge in [0, 0.05) is 48.4 Å². The van der Waals surface area contributed by atoms with E-state index < -0.39 is 17.3 Å². The van der Waals surface area contributed by atoms with E-state index in [9.17, 15) is 23.1 Å². The van der Waals surface area contributed by atoms with Gasteiger partial charge in [-0.3, -0.25) is 9.20 Å². The van der Waals surface area contributed by atoms with E-state index in [1.165, 1.54) is 49.6 Å². The number of alkyl halides is 3. The second-order valence-corrected chi connectivity index (χ2v) is 10.4. The molecule has 4 aromatic rings. The van der Waals surface area contributed by atoms with Gasteiger partial charge in [0.2, 0.25) is 11.5 Å². The van der Waals surface area contributed by atoms with E-state index in [-0.39, 0.29) is 35.0 Å². The minimum atomic E-state index is -5.00. The second-order valence-electron chi connectivity index (χ2n) is 10.4. The maximum absolute atomic E-state index is 14.4. The number of imidazole rings is 1. The van der Waals surface area contributed by atoms with Gasteiger partial charge in [0.15, 0.2) is 0 Å². The number of rotatable bonds is 5. The average molecular weight is 552 g/mol. The van der Waals surface area contributed by atoms with Crippen LogP contribution in [-0.2, 0) is 10.4 Å². The summed E-state index contributed by atoms with van der Waals surface area (Å²) >= 11 is 0. The number of methoxy groups -OCH3 is 1. The zero-order valence-electron chi connectivity index (χ0n) is 21.7. The summed E-state index contributed by atoms with van der Waals surface area (Å²) in [6, 6.07) is 11.0. The maximum Gasteiger partial charge on any atom is 0.425 e. The molecule has 40 heavy (non-hydrogen) atoms. The minimum Gasteiger partial charge on any atom is -0.496 e. The first-order valence-electron chi connectivity index (χ1n) is 13.1. The van der Waals surface area contributed by atoms with Crippen LogP contribution in [0.1, 0.15) is 48.6 Å². The lowest BCUT2D eigenvalue weighted by Crippen LogP contribution is -2.43. The van der Waals surface area contributed by atoms with Crippen molar-refractivity contribution in [2.45, 2.75) is 49.4 Å². The third kappa shape index (κ3) is 3.98. The predicted octanol–water partition coefficient (Wildman–Crippen LogP) is 4.65. The number of amides is 1. The van der Waals surface area contributed by atoms with Crippen LogP contribution >= 0.6 is 0 Å². The molecule has 0 unspecified atom stereocenters. The molecule has 0 saturated carbocycles. The number of ether oxygens (including phenoxy) is 1. The molecule has 0 radical (unpaired) electrons. The van der Waals surface area contributed by atoms with Gasteiger partial charge in [-0.15, -0.1) is 0 Å². The molecular formula is C29H28F3N5O3. The van der Waals surface area contributed by atoms with Crippen LogP contribution in [0.5, 0.6) is 5.75 Å². The number of halogens is 3. The Hall–Kier alpha value is -4.12. The number of hydrogen-bond acceptors (Lipinski definition) is 6. The standard InChI is InChI=1S/C29H28F3N5O3/c1-40-22-15-19(28(39,29(30,31)32)18-5-3-2-4-6-18)8-11-21(22)24-25-26(33)34-13-14-36(25)27(35-24)17-7-9-20-10-12-23(38)37(20)16-17/h2-6,8,11,13-15,17,20,39H,7,9-10,12,16H2,1H3,(H2,33,34)/t17-,20+,28-/m1/s1. The van der Waals surface area contributed by atoms with E-state index in [0.29, 0.717) is 35.6 Å². The van der Waals surface area contributed by atoms with Crippen molar-refractivity contribution in [3.63, 3.8) is 0 Å². The van der Waals surface area contributed by atoms with Crippen molar-refractivity contribution in [3.05, 3.63) is 77.9 Å². The average Bonchev–Trinajstić information content (AvgIpc) is 3.53. The van der Waals surface area contributed by atoms with Crippen molar-refractivity contribution in [2.24, 2.45) is 0 Å². The van der Waals surface area contributed by atoms with Crippen molar-refractivity contribution >= 4 is 17.2 Å². The first-order valence-corrected chi connectivity index (χ1v) is 13.1. The summed E-state index contributed by atoms with van der Waals surface area (Å²) in [5.74, 6) is 1.07. The van der Waals surface area contributed by atoms with Gasteiger partial charge in [-0.1, -0.05) is 36.4 Å². The van der Waals surface area contributed by atoms with Crippen molar-refractivity contribution in [1.29, 1.82) is 0 Å². The molecule has 3 atom stereocenters. The van der Waals surface area contributed by atoms with Crippen LogP contribution < -0.4 is 10.5 Å². The van der Waals surface area contributed by atoms with Gasteiger partial charge in [0.25, 0.3) is 0 Å². The fraction of sp³-hybridized carbons (Fsp3) is 0.345. The number of anilines is 1. The summed E-state index contributed by atoms with van der Waals surface area (Å²) in [5, 5.41) is 11.1. The summed E-state index contributed by atoms with van der Waals surface area (Å²) in [7, 11) is 1.35. The molecule has 1 amide bonds. The molecular weight excluding hydrogens is 523 g/mol. The van der Waals surface area contributed by atoms with Crippen LogP contribution in [0.3, 0.4) is 0 Å². The molecule has 2 saturated heterocycles. The molecule has 2 aromatic heterocycles. The molecule has 6 rings (SSSR count). The highest BCUT2D eigenvalue weighted by Gasteiger charge is 2.56. The highest BCUT2D eigenvalue weighted by Crippen LogP contribution is 2.47. The maximum atomic E-state index is 14.4. The van der Waals surface area contributed by atoms with Crippen LogP contribution in [-0.4, -0.2) is 56.2 Å². The van der Waals surface area contributed by atoms with E-state index in [1.54, 1.807) is 18.5 Å². The smallest absolute Gasteiger partial charge is 0.425 e. The predicted molar refractivity (Wildman–Crippen MR) is 142 cm³/mol. The molecule has 208 valence electrons. The number of hydrogen-bond donors (Lipinski definition) is 2. The number of benzene rings is 2. The SMILES string of the molecule is COc1cc([C@](O)(c2ccccc2)C(F)(F)F)ccc1-c1nc([C@@H]2CC[C@H]3CCC(=O)N3C2)n2ccnc(N)c12. The highest BCUT2D eigenvalue weighted by molar-refractivity contribution is 5.88. The molecule has 11 heteroatoms. The van der Waals surface area contributed by atoms with E-state index in [2.05, 4.69) is 4.98 Å². The summed E-state index contributed by atoms with van der Waals surface area (Å²) in [5.41, 5.74) is 3.62.